The maximum atomic E-state index is 12.7. The first-order valence-corrected chi connectivity index (χ1v) is 7.73. The van der Waals surface area contributed by atoms with Crippen LogP contribution in [-0.2, 0) is 24.3 Å². The molecule has 1 aliphatic rings. The van der Waals surface area contributed by atoms with Crippen LogP contribution in [-0.4, -0.2) is 33.9 Å². The highest BCUT2D eigenvalue weighted by Crippen LogP contribution is 2.25. The second-order valence-electron chi connectivity index (χ2n) is 5.63. The molecule has 0 bridgehead atoms. The maximum absolute atomic E-state index is 12.7. The van der Waals surface area contributed by atoms with Gasteiger partial charge in [0.15, 0.2) is 11.5 Å². The molecule has 0 unspecified atom stereocenters. The van der Waals surface area contributed by atoms with E-state index in [0.29, 0.717) is 35.3 Å². The molecule has 0 fully saturated rings. The first kappa shape index (κ1) is 15.7. The number of para-hydroxylation sites is 1. The fourth-order valence-corrected chi connectivity index (χ4v) is 2.86. The molecule has 25 heavy (non-hydrogen) atoms. The van der Waals surface area contributed by atoms with Crippen LogP contribution < -0.4 is 5.32 Å². The van der Waals surface area contributed by atoms with Gasteiger partial charge in [-0.2, -0.15) is 5.10 Å². The van der Waals surface area contributed by atoms with Crippen LogP contribution in [0.4, 0.5) is 14.6 Å². The minimum atomic E-state index is -2.55. The molecule has 3 aromatic rings. The van der Waals surface area contributed by atoms with Crippen LogP contribution in [0.1, 0.15) is 21.8 Å². The summed E-state index contributed by atoms with van der Waals surface area (Å²) < 4.78 is 37.2. The molecule has 0 atom stereocenters. The fourth-order valence-electron chi connectivity index (χ4n) is 2.86. The summed E-state index contributed by atoms with van der Waals surface area (Å²) in [5.74, 6) is 0.321. The molecule has 9 heteroatoms. The number of nitrogens with one attached hydrogen (secondary N) is 1. The summed E-state index contributed by atoms with van der Waals surface area (Å²) in [5.41, 5.74) is 1.26. The van der Waals surface area contributed by atoms with Crippen molar-refractivity contribution in [2.24, 2.45) is 0 Å². The lowest BCUT2D eigenvalue weighted by Gasteiger charge is -2.10. The molecule has 4 rings (SSSR count). The number of anilines is 1. The molecular weight excluding hydrogens is 334 g/mol. The third-order valence-corrected chi connectivity index (χ3v) is 4.01. The van der Waals surface area contributed by atoms with Crippen molar-refractivity contribution in [2.45, 2.75) is 26.0 Å². The quantitative estimate of drug-likeness (QED) is 0.784. The number of carbonyl (C=O) groups excluding carboxylic acids is 1. The number of ether oxygens (including phenoxy) is 1. The average Bonchev–Trinajstić information content (AvgIpc) is 3.17. The smallest absolute Gasteiger partial charge is 0.279 e. The Kier molecular flexibility index (Phi) is 3.92. The van der Waals surface area contributed by atoms with Crippen molar-refractivity contribution in [1.82, 2.24) is 14.9 Å². The first-order chi connectivity index (χ1) is 12.1. The molecule has 0 saturated carbocycles. The number of amides is 1. The van der Waals surface area contributed by atoms with Crippen molar-refractivity contribution in [3.05, 3.63) is 41.3 Å². The van der Waals surface area contributed by atoms with Crippen LogP contribution in [0.3, 0.4) is 0 Å². The van der Waals surface area contributed by atoms with Gasteiger partial charge in [0.25, 0.3) is 12.3 Å². The summed E-state index contributed by atoms with van der Waals surface area (Å²) in [7, 11) is 0. The molecular formula is C16H14F2N4O3. The highest BCUT2D eigenvalue weighted by atomic mass is 19.3. The van der Waals surface area contributed by atoms with E-state index in [-0.39, 0.29) is 18.1 Å². The molecule has 0 spiro atoms. The number of nitrogens with zero attached hydrogens (tertiary/aromatic N) is 3. The summed E-state index contributed by atoms with van der Waals surface area (Å²) in [5, 5.41) is 11.1. The van der Waals surface area contributed by atoms with Crippen molar-refractivity contribution >= 4 is 22.6 Å². The van der Waals surface area contributed by atoms with Gasteiger partial charge in [-0.1, -0.05) is 17.3 Å². The summed E-state index contributed by atoms with van der Waals surface area (Å²) in [6.07, 6.45) is -1.99. The van der Waals surface area contributed by atoms with Crippen molar-refractivity contribution < 1.29 is 22.8 Å². The number of benzene rings is 1. The Balaban J connectivity index is 1.66. The molecule has 3 heterocycles. The minimum absolute atomic E-state index is 0.127. The third-order valence-electron chi connectivity index (χ3n) is 4.01. The second kappa shape index (κ2) is 6.25. The number of carbonyl (C=O) groups is 1. The summed E-state index contributed by atoms with van der Waals surface area (Å²) >= 11 is 0. The number of hydrogen-bond acceptors (Lipinski definition) is 5. The Morgan fingerprint density at radius 1 is 1.36 bits per heavy atom. The summed E-state index contributed by atoms with van der Waals surface area (Å²) in [6, 6.07) is 6.86. The Hall–Kier alpha value is -2.81. The summed E-state index contributed by atoms with van der Waals surface area (Å²) in [4.78, 5) is 12.5. The second-order valence-corrected chi connectivity index (χ2v) is 5.63. The van der Waals surface area contributed by atoms with Gasteiger partial charge in [-0.15, -0.1) is 0 Å². The van der Waals surface area contributed by atoms with Crippen LogP contribution in [0.2, 0.25) is 0 Å². The summed E-state index contributed by atoms with van der Waals surface area (Å²) in [6.45, 7) is 0.220. The molecule has 2 aromatic heterocycles. The Bertz CT molecular complexity index is 935. The van der Waals surface area contributed by atoms with E-state index in [2.05, 4.69) is 15.6 Å². The van der Waals surface area contributed by atoms with Gasteiger partial charge in [0.05, 0.1) is 24.3 Å². The SMILES string of the molecule is O=C(Nc1nn(CC(F)F)c2ccccc12)c1noc2c1COCC2. The number of aromatic nitrogens is 3. The molecule has 1 N–H and O–H groups in total. The predicted molar refractivity (Wildman–Crippen MR) is 83.6 cm³/mol. The van der Waals surface area contributed by atoms with Gasteiger partial charge in [0.2, 0.25) is 0 Å². The maximum Gasteiger partial charge on any atom is 0.279 e. The van der Waals surface area contributed by atoms with E-state index < -0.39 is 18.9 Å². The standard InChI is InChI=1S/C16H14F2N4O3/c17-13(18)7-22-11-4-2-1-3-9(11)15(20-22)19-16(23)14-10-8-24-6-5-12(10)25-21-14/h1-4,13H,5-8H2,(H,19,20,23). The minimum Gasteiger partial charge on any atom is -0.376 e. The Morgan fingerprint density at radius 2 is 2.20 bits per heavy atom. The van der Waals surface area contributed by atoms with Crippen molar-refractivity contribution in [3.63, 3.8) is 0 Å². The first-order valence-electron chi connectivity index (χ1n) is 7.73. The highest BCUT2D eigenvalue weighted by Gasteiger charge is 2.25. The zero-order valence-electron chi connectivity index (χ0n) is 13.0. The number of alkyl halides is 2. The Morgan fingerprint density at radius 3 is 3.04 bits per heavy atom. The molecule has 1 amide bonds. The fraction of sp³-hybridized carbons (Fsp3) is 0.312. The number of halogens is 2. The van der Waals surface area contributed by atoms with Crippen LogP contribution in [0.15, 0.2) is 28.8 Å². The van der Waals surface area contributed by atoms with Crippen molar-refractivity contribution in [1.29, 1.82) is 0 Å². The number of hydrogen-bond donors (Lipinski definition) is 1. The molecule has 0 aliphatic carbocycles. The molecule has 130 valence electrons. The topological polar surface area (TPSA) is 82.2 Å². The number of fused-ring (bicyclic) bond motifs is 2. The third kappa shape index (κ3) is 2.86. The molecule has 7 nitrogen and oxygen atoms in total. The van der Waals surface area contributed by atoms with Gasteiger partial charge in [0, 0.05) is 11.8 Å². The highest BCUT2D eigenvalue weighted by molar-refractivity contribution is 6.07. The van der Waals surface area contributed by atoms with Gasteiger partial charge in [-0.05, 0) is 12.1 Å². The van der Waals surface area contributed by atoms with E-state index in [1.54, 1.807) is 24.3 Å². The van der Waals surface area contributed by atoms with E-state index in [9.17, 15) is 13.6 Å². The van der Waals surface area contributed by atoms with Gasteiger partial charge >= 0.3 is 0 Å². The van der Waals surface area contributed by atoms with Crippen molar-refractivity contribution in [3.8, 4) is 0 Å². The van der Waals surface area contributed by atoms with Gasteiger partial charge in [-0.3, -0.25) is 9.48 Å². The molecule has 0 radical (unpaired) electrons. The predicted octanol–water partition coefficient (Wildman–Crippen LogP) is 2.61. The zero-order valence-corrected chi connectivity index (χ0v) is 13.0. The largest absolute Gasteiger partial charge is 0.376 e. The zero-order chi connectivity index (χ0) is 17.4. The van der Waals surface area contributed by atoms with Gasteiger partial charge in [0.1, 0.15) is 12.3 Å². The van der Waals surface area contributed by atoms with E-state index in [0.717, 1.165) is 0 Å². The van der Waals surface area contributed by atoms with Crippen LogP contribution >= 0.6 is 0 Å². The molecule has 0 saturated heterocycles. The molecule has 1 aromatic carbocycles. The average molecular weight is 348 g/mol. The molecule has 1 aliphatic heterocycles. The lowest BCUT2D eigenvalue weighted by molar-refractivity contribution is 0.0975. The lowest BCUT2D eigenvalue weighted by Crippen LogP contribution is -2.18. The van der Waals surface area contributed by atoms with E-state index in [1.165, 1.54) is 4.68 Å². The van der Waals surface area contributed by atoms with Crippen LogP contribution in [0.25, 0.3) is 10.9 Å². The van der Waals surface area contributed by atoms with Gasteiger partial charge in [-0.25, -0.2) is 8.78 Å². The normalized spacial score (nSPS) is 14.0. The number of rotatable bonds is 4. The Labute approximate surface area is 140 Å². The van der Waals surface area contributed by atoms with Gasteiger partial charge < -0.3 is 14.6 Å². The van der Waals surface area contributed by atoms with E-state index >= 15 is 0 Å². The van der Waals surface area contributed by atoms with E-state index in [4.69, 9.17) is 9.26 Å². The monoisotopic (exact) mass is 348 g/mol. The lowest BCUT2D eigenvalue weighted by atomic mass is 10.1. The van der Waals surface area contributed by atoms with E-state index in [1.807, 2.05) is 0 Å². The van der Waals surface area contributed by atoms with Crippen LogP contribution in [0.5, 0.6) is 0 Å². The van der Waals surface area contributed by atoms with Crippen molar-refractivity contribution in [2.75, 3.05) is 11.9 Å². The van der Waals surface area contributed by atoms with Crippen LogP contribution in [0, 0.1) is 0 Å².